The predicted octanol–water partition coefficient (Wildman–Crippen LogP) is 5.60. The van der Waals surface area contributed by atoms with Crippen LogP contribution in [0.1, 0.15) is 18.4 Å². The van der Waals surface area contributed by atoms with Crippen LogP contribution < -0.4 is 14.8 Å². The SMILES string of the molecule is CCCOc1cc2ncnc(Nc3cccc(-c4csc(C)n4)c3)c2cc1OC. The lowest BCUT2D eigenvalue weighted by Gasteiger charge is -2.13. The van der Waals surface area contributed by atoms with Crippen LogP contribution in [0.3, 0.4) is 0 Å². The largest absolute Gasteiger partial charge is 0.493 e. The average Bonchev–Trinajstić information content (AvgIpc) is 3.18. The van der Waals surface area contributed by atoms with Crippen molar-refractivity contribution in [1.82, 2.24) is 15.0 Å². The summed E-state index contributed by atoms with van der Waals surface area (Å²) in [6, 6.07) is 11.9. The molecule has 1 N–H and O–H groups in total. The molecule has 2 aromatic carbocycles. The molecule has 4 rings (SSSR count). The topological polar surface area (TPSA) is 69.2 Å². The first kappa shape index (κ1) is 19.1. The second kappa shape index (κ2) is 8.45. The first-order valence-corrected chi connectivity index (χ1v) is 10.3. The number of aromatic nitrogens is 3. The van der Waals surface area contributed by atoms with Gasteiger partial charge in [0.25, 0.3) is 0 Å². The van der Waals surface area contributed by atoms with Gasteiger partial charge in [-0.25, -0.2) is 15.0 Å². The van der Waals surface area contributed by atoms with Crippen molar-refractivity contribution in [2.24, 2.45) is 0 Å². The van der Waals surface area contributed by atoms with Gasteiger partial charge < -0.3 is 14.8 Å². The number of thiazole rings is 1. The minimum atomic E-state index is 0.626. The van der Waals surface area contributed by atoms with E-state index in [9.17, 15) is 0 Å². The molecule has 0 saturated carbocycles. The Hall–Kier alpha value is -3.19. The van der Waals surface area contributed by atoms with Crippen LogP contribution in [0.15, 0.2) is 48.1 Å². The lowest BCUT2D eigenvalue weighted by molar-refractivity contribution is 0.295. The van der Waals surface area contributed by atoms with Gasteiger partial charge in [0, 0.05) is 28.1 Å². The van der Waals surface area contributed by atoms with Gasteiger partial charge in [-0.1, -0.05) is 19.1 Å². The first-order chi connectivity index (χ1) is 14.2. The van der Waals surface area contributed by atoms with Crippen LogP contribution in [-0.2, 0) is 0 Å². The number of nitrogens with zero attached hydrogens (tertiary/aromatic N) is 3. The summed E-state index contributed by atoms with van der Waals surface area (Å²) in [4.78, 5) is 13.4. The molecule has 0 amide bonds. The highest BCUT2D eigenvalue weighted by molar-refractivity contribution is 7.09. The Balaban J connectivity index is 1.69. The molecular weight excluding hydrogens is 384 g/mol. The number of ether oxygens (including phenoxy) is 2. The Labute approximate surface area is 173 Å². The molecule has 0 aliphatic rings. The van der Waals surface area contributed by atoms with Gasteiger partial charge in [0.15, 0.2) is 11.5 Å². The average molecular weight is 407 g/mol. The Kier molecular flexibility index (Phi) is 5.57. The minimum Gasteiger partial charge on any atom is -0.493 e. The third kappa shape index (κ3) is 4.14. The molecule has 4 aromatic rings. The van der Waals surface area contributed by atoms with Crippen LogP contribution in [0.4, 0.5) is 11.5 Å². The van der Waals surface area contributed by atoms with Crippen molar-refractivity contribution in [2.75, 3.05) is 19.0 Å². The van der Waals surface area contributed by atoms with E-state index in [0.29, 0.717) is 23.9 Å². The molecule has 6 nitrogen and oxygen atoms in total. The highest BCUT2D eigenvalue weighted by Gasteiger charge is 2.12. The van der Waals surface area contributed by atoms with Crippen molar-refractivity contribution in [3.8, 4) is 22.8 Å². The Bertz CT molecular complexity index is 1140. The molecule has 0 bridgehead atoms. The van der Waals surface area contributed by atoms with Crippen LogP contribution in [0, 0.1) is 6.92 Å². The number of methoxy groups -OCH3 is 1. The number of fused-ring (bicyclic) bond motifs is 1. The van der Waals surface area contributed by atoms with E-state index in [-0.39, 0.29) is 0 Å². The van der Waals surface area contributed by atoms with Gasteiger partial charge in [0.2, 0.25) is 0 Å². The van der Waals surface area contributed by atoms with Gasteiger partial charge in [-0.2, -0.15) is 0 Å². The molecular formula is C22H22N4O2S. The van der Waals surface area contributed by atoms with Gasteiger partial charge in [-0.05, 0) is 31.5 Å². The summed E-state index contributed by atoms with van der Waals surface area (Å²) in [5.74, 6) is 2.06. The molecule has 0 atom stereocenters. The number of benzene rings is 2. The Morgan fingerprint density at radius 3 is 2.76 bits per heavy atom. The summed E-state index contributed by atoms with van der Waals surface area (Å²) < 4.78 is 11.3. The van der Waals surface area contributed by atoms with E-state index in [0.717, 1.165) is 39.3 Å². The van der Waals surface area contributed by atoms with E-state index in [2.05, 4.69) is 44.7 Å². The standard InChI is InChI=1S/C22H22N4O2S/c1-4-8-28-21-11-18-17(10-20(21)27-3)22(24-13-23-18)26-16-7-5-6-15(9-16)19-12-29-14(2)25-19/h5-7,9-13H,4,8H2,1-3H3,(H,23,24,26). The zero-order valence-electron chi connectivity index (χ0n) is 16.6. The third-order valence-electron chi connectivity index (χ3n) is 4.42. The normalized spacial score (nSPS) is 10.9. The van der Waals surface area contributed by atoms with Crippen LogP contribution in [-0.4, -0.2) is 28.7 Å². The van der Waals surface area contributed by atoms with E-state index in [1.54, 1.807) is 24.8 Å². The molecule has 148 valence electrons. The van der Waals surface area contributed by atoms with Crippen molar-refractivity contribution in [3.63, 3.8) is 0 Å². The second-order valence-corrected chi connectivity index (χ2v) is 7.61. The molecule has 0 aliphatic heterocycles. The zero-order chi connectivity index (χ0) is 20.2. The summed E-state index contributed by atoms with van der Waals surface area (Å²) in [7, 11) is 1.64. The molecule has 0 spiro atoms. The number of anilines is 2. The quantitative estimate of drug-likeness (QED) is 0.431. The lowest BCUT2D eigenvalue weighted by atomic mass is 10.1. The van der Waals surface area contributed by atoms with Crippen molar-refractivity contribution in [3.05, 3.63) is 53.1 Å². The summed E-state index contributed by atoms with van der Waals surface area (Å²) in [5.41, 5.74) is 3.76. The molecule has 0 unspecified atom stereocenters. The molecule has 7 heteroatoms. The fourth-order valence-corrected chi connectivity index (χ4v) is 3.66. The van der Waals surface area contributed by atoms with E-state index in [1.165, 1.54) is 0 Å². The van der Waals surface area contributed by atoms with Crippen LogP contribution >= 0.6 is 11.3 Å². The number of hydrogen-bond acceptors (Lipinski definition) is 7. The fourth-order valence-electron chi connectivity index (χ4n) is 3.04. The number of rotatable bonds is 7. The molecule has 0 aliphatic carbocycles. The summed E-state index contributed by atoms with van der Waals surface area (Å²) >= 11 is 1.64. The van der Waals surface area contributed by atoms with E-state index in [1.807, 2.05) is 31.2 Å². The minimum absolute atomic E-state index is 0.626. The van der Waals surface area contributed by atoms with Crippen molar-refractivity contribution < 1.29 is 9.47 Å². The maximum atomic E-state index is 5.80. The zero-order valence-corrected chi connectivity index (χ0v) is 17.4. The smallest absolute Gasteiger partial charge is 0.163 e. The van der Waals surface area contributed by atoms with Crippen LogP contribution in [0.25, 0.3) is 22.2 Å². The maximum absolute atomic E-state index is 5.80. The summed E-state index contributed by atoms with van der Waals surface area (Å²) in [5, 5.41) is 7.39. The number of hydrogen-bond donors (Lipinski definition) is 1. The Morgan fingerprint density at radius 2 is 2.00 bits per heavy atom. The lowest BCUT2D eigenvalue weighted by Crippen LogP contribution is -2.00. The molecule has 2 aromatic heterocycles. The molecule has 29 heavy (non-hydrogen) atoms. The first-order valence-electron chi connectivity index (χ1n) is 9.43. The number of aryl methyl sites for hydroxylation is 1. The Morgan fingerprint density at radius 1 is 1.10 bits per heavy atom. The second-order valence-electron chi connectivity index (χ2n) is 6.55. The van der Waals surface area contributed by atoms with E-state index < -0.39 is 0 Å². The van der Waals surface area contributed by atoms with Gasteiger partial charge >= 0.3 is 0 Å². The summed E-state index contributed by atoms with van der Waals surface area (Å²) in [6.45, 7) is 4.70. The molecule has 0 fully saturated rings. The van der Waals surface area contributed by atoms with Crippen LogP contribution in [0.5, 0.6) is 11.5 Å². The fraction of sp³-hybridized carbons (Fsp3) is 0.227. The highest BCUT2D eigenvalue weighted by Crippen LogP contribution is 2.35. The van der Waals surface area contributed by atoms with Gasteiger partial charge in [-0.15, -0.1) is 11.3 Å². The molecule has 0 saturated heterocycles. The van der Waals surface area contributed by atoms with Gasteiger partial charge in [-0.3, -0.25) is 0 Å². The van der Waals surface area contributed by atoms with Crippen molar-refractivity contribution in [1.29, 1.82) is 0 Å². The van der Waals surface area contributed by atoms with E-state index in [4.69, 9.17) is 9.47 Å². The monoisotopic (exact) mass is 406 g/mol. The molecule has 0 radical (unpaired) electrons. The van der Waals surface area contributed by atoms with E-state index >= 15 is 0 Å². The van der Waals surface area contributed by atoms with Crippen molar-refractivity contribution >= 4 is 33.7 Å². The third-order valence-corrected chi connectivity index (χ3v) is 5.20. The van der Waals surface area contributed by atoms with Gasteiger partial charge in [0.05, 0.1) is 29.9 Å². The maximum Gasteiger partial charge on any atom is 0.163 e. The van der Waals surface area contributed by atoms with Crippen LogP contribution in [0.2, 0.25) is 0 Å². The number of nitrogens with one attached hydrogen (secondary N) is 1. The summed E-state index contributed by atoms with van der Waals surface area (Å²) in [6.07, 6.45) is 2.47. The molecule has 2 heterocycles. The van der Waals surface area contributed by atoms with Gasteiger partial charge in [0.1, 0.15) is 12.1 Å². The van der Waals surface area contributed by atoms with Crippen molar-refractivity contribution in [2.45, 2.75) is 20.3 Å². The highest BCUT2D eigenvalue weighted by atomic mass is 32.1. The predicted molar refractivity (Wildman–Crippen MR) is 117 cm³/mol.